The zero-order valence-corrected chi connectivity index (χ0v) is 16.3. The van der Waals surface area contributed by atoms with Crippen LogP contribution < -0.4 is 5.56 Å². The fourth-order valence-electron chi connectivity index (χ4n) is 3.47. The van der Waals surface area contributed by atoms with E-state index in [0.717, 1.165) is 45.6 Å². The van der Waals surface area contributed by atoms with Crippen LogP contribution in [0.4, 0.5) is 0 Å². The van der Waals surface area contributed by atoms with Crippen LogP contribution in [0.15, 0.2) is 23.0 Å². The Balaban J connectivity index is 1.92. The molecule has 0 bridgehead atoms. The summed E-state index contributed by atoms with van der Waals surface area (Å²) >= 11 is 5.40. The van der Waals surface area contributed by atoms with Crippen molar-refractivity contribution in [2.24, 2.45) is 0 Å². The molecule has 1 fully saturated rings. The molecule has 140 valence electrons. The van der Waals surface area contributed by atoms with Gasteiger partial charge in [0.25, 0.3) is 11.5 Å². The van der Waals surface area contributed by atoms with Crippen molar-refractivity contribution in [3.63, 3.8) is 0 Å². The number of rotatable bonds is 6. The average molecular weight is 375 g/mol. The van der Waals surface area contributed by atoms with E-state index in [1.807, 2.05) is 4.90 Å². The number of nitrogens with zero attached hydrogens (tertiary/aromatic N) is 3. The van der Waals surface area contributed by atoms with Gasteiger partial charge in [-0.1, -0.05) is 13.8 Å². The number of likely N-dealkylation sites (N-methyl/N-ethyl adjacent to an activating group) is 1. The van der Waals surface area contributed by atoms with Gasteiger partial charge in [0.15, 0.2) is 4.77 Å². The molecule has 1 aliphatic heterocycles. The predicted molar refractivity (Wildman–Crippen MR) is 106 cm³/mol. The van der Waals surface area contributed by atoms with Gasteiger partial charge in [-0.15, -0.1) is 0 Å². The van der Waals surface area contributed by atoms with Gasteiger partial charge in [-0.05, 0) is 56.3 Å². The molecule has 0 atom stereocenters. The maximum absolute atomic E-state index is 12.8. The Kier molecular flexibility index (Phi) is 5.88. The van der Waals surface area contributed by atoms with Crippen LogP contribution in [0.3, 0.4) is 0 Å². The molecule has 0 spiro atoms. The molecule has 0 radical (unpaired) electrons. The van der Waals surface area contributed by atoms with Crippen LogP contribution in [-0.4, -0.2) is 58.0 Å². The quantitative estimate of drug-likeness (QED) is 0.790. The molecule has 1 aromatic carbocycles. The molecule has 1 N–H and O–H groups in total. The number of H-pyrrole nitrogens is 1. The number of nitrogens with one attached hydrogen (secondary N) is 1. The smallest absolute Gasteiger partial charge is 0.262 e. The van der Waals surface area contributed by atoms with Crippen molar-refractivity contribution in [1.82, 2.24) is 19.4 Å². The molecule has 7 heteroatoms. The Morgan fingerprint density at radius 2 is 1.92 bits per heavy atom. The van der Waals surface area contributed by atoms with E-state index in [4.69, 9.17) is 12.2 Å². The predicted octanol–water partition coefficient (Wildman–Crippen LogP) is 2.64. The van der Waals surface area contributed by atoms with Gasteiger partial charge in [0.2, 0.25) is 0 Å². The molecule has 1 aromatic heterocycles. The van der Waals surface area contributed by atoms with Gasteiger partial charge in [0.1, 0.15) is 0 Å². The first-order valence-electron chi connectivity index (χ1n) is 9.33. The summed E-state index contributed by atoms with van der Waals surface area (Å²) in [5.41, 5.74) is 1.13. The van der Waals surface area contributed by atoms with Gasteiger partial charge in [0.05, 0.1) is 10.9 Å². The molecule has 3 rings (SSSR count). The Bertz CT molecular complexity index is 908. The second kappa shape index (κ2) is 8.14. The summed E-state index contributed by atoms with van der Waals surface area (Å²) in [5, 5.41) is 0.566. The number of amides is 1. The van der Waals surface area contributed by atoms with Crippen LogP contribution in [0.25, 0.3) is 10.9 Å². The van der Waals surface area contributed by atoms with E-state index in [1.165, 1.54) is 0 Å². The van der Waals surface area contributed by atoms with Crippen molar-refractivity contribution in [2.45, 2.75) is 33.2 Å². The number of hydrogen-bond acceptors (Lipinski definition) is 4. The normalized spacial score (nSPS) is 14.5. The Hall–Kier alpha value is -1.99. The maximum Gasteiger partial charge on any atom is 0.262 e. The highest BCUT2D eigenvalue weighted by molar-refractivity contribution is 7.71. The Morgan fingerprint density at radius 3 is 2.58 bits per heavy atom. The number of benzene rings is 1. The van der Waals surface area contributed by atoms with Crippen LogP contribution in [0, 0.1) is 4.77 Å². The second-order valence-electron chi connectivity index (χ2n) is 6.67. The maximum atomic E-state index is 12.8. The third-order valence-corrected chi connectivity index (χ3v) is 5.48. The number of carbonyl (C=O) groups is 1. The van der Waals surface area contributed by atoms with Crippen molar-refractivity contribution in [1.29, 1.82) is 0 Å². The standard InChI is InChI=1S/C19H26N4O2S/c1-3-21(4-2)11-12-23-18(25)15-8-7-14(13-16(15)20-19(23)26)17(24)22-9-5-6-10-22/h7-8,13H,3-6,9-12H2,1-2H3,(H,20,26). The van der Waals surface area contributed by atoms with Crippen LogP contribution in [-0.2, 0) is 6.54 Å². The van der Waals surface area contributed by atoms with Gasteiger partial charge < -0.3 is 14.8 Å². The summed E-state index contributed by atoms with van der Waals surface area (Å²) < 4.78 is 2.01. The van der Waals surface area contributed by atoms with E-state index in [-0.39, 0.29) is 11.5 Å². The van der Waals surface area contributed by atoms with Crippen molar-refractivity contribution < 1.29 is 4.79 Å². The molecule has 1 amide bonds. The van der Waals surface area contributed by atoms with Crippen LogP contribution >= 0.6 is 12.2 Å². The number of hydrogen-bond donors (Lipinski definition) is 1. The SMILES string of the molecule is CCN(CC)CCn1c(=S)[nH]c2cc(C(=O)N3CCCC3)ccc2c1=O. The molecular weight excluding hydrogens is 348 g/mol. The minimum Gasteiger partial charge on any atom is -0.339 e. The minimum absolute atomic E-state index is 0.0226. The monoisotopic (exact) mass is 374 g/mol. The average Bonchev–Trinajstić information content (AvgIpc) is 3.18. The number of aromatic nitrogens is 2. The number of carbonyl (C=O) groups excluding carboxylic acids is 1. The molecule has 0 aliphatic carbocycles. The first kappa shape index (κ1) is 18.8. The molecule has 6 nitrogen and oxygen atoms in total. The summed E-state index contributed by atoms with van der Waals surface area (Å²) in [4.78, 5) is 32.7. The van der Waals surface area contributed by atoms with Crippen molar-refractivity contribution in [3.8, 4) is 0 Å². The zero-order chi connectivity index (χ0) is 18.7. The number of fused-ring (bicyclic) bond motifs is 1. The Labute approximate surface area is 158 Å². The van der Waals surface area contributed by atoms with Crippen molar-refractivity contribution >= 4 is 29.0 Å². The molecule has 2 heterocycles. The fraction of sp³-hybridized carbons (Fsp3) is 0.526. The minimum atomic E-state index is -0.101. The first-order chi connectivity index (χ1) is 12.5. The third kappa shape index (κ3) is 3.73. The van der Waals surface area contributed by atoms with Gasteiger partial charge in [-0.2, -0.15) is 0 Å². The lowest BCUT2D eigenvalue weighted by atomic mass is 10.1. The van der Waals surface area contributed by atoms with E-state index >= 15 is 0 Å². The molecule has 1 saturated heterocycles. The van der Waals surface area contributed by atoms with Gasteiger partial charge in [-0.3, -0.25) is 14.2 Å². The van der Waals surface area contributed by atoms with E-state index in [1.54, 1.807) is 22.8 Å². The van der Waals surface area contributed by atoms with Crippen molar-refractivity contribution in [3.05, 3.63) is 38.9 Å². The molecule has 1 aliphatic rings. The van der Waals surface area contributed by atoms with Gasteiger partial charge in [0, 0.05) is 31.7 Å². The van der Waals surface area contributed by atoms with E-state index in [0.29, 0.717) is 27.8 Å². The van der Waals surface area contributed by atoms with Gasteiger partial charge >= 0.3 is 0 Å². The lowest BCUT2D eigenvalue weighted by molar-refractivity contribution is 0.0793. The summed E-state index contributed by atoms with van der Waals surface area (Å²) in [6.45, 7) is 9.04. The van der Waals surface area contributed by atoms with E-state index in [9.17, 15) is 9.59 Å². The topological polar surface area (TPSA) is 61.3 Å². The summed E-state index contributed by atoms with van der Waals surface area (Å²) in [5.74, 6) is 0.0226. The molecular formula is C19H26N4O2S. The molecule has 0 unspecified atom stereocenters. The van der Waals surface area contributed by atoms with E-state index < -0.39 is 0 Å². The highest BCUT2D eigenvalue weighted by atomic mass is 32.1. The van der Waals surface area contributed by atoms with E-state index in [2.05, 4.69) is 23.7 Å². The van der Waals surface area contributed by atoms with Gasteiger partial charge in [-0.25, -0.2) is 0 Å². The lowest BCUT2D eigenvalue weighted by Crippen LogP contribution is -2.32. The van der Waals surface area contributed by atoms with Crippen LogP contribution in [0.1, 0.15) is 37.0 Å². The second-order valence-corrected chi connectivity index (χ2v) is 7.06. The Morgan fingerprint density at radius 1 is 1.23 bits per heavy atom. The third-order valence-electron chi connectivity index (χ3n) is 5.16. The largest absolute Gasteiger partial charge is 0.339 e. The fourth-order valence-corrected chi connectivity index (χ4v) is 3.76. The highest BCUT2D eigenvalue weighted by Crippen LogP contribution is 2.16. The molecule has 2 aromatic rings. The van der Waals surface area contributed by atoms with Crippen LogP contribution in [0.2, 0.25) is 0 Å². The summed E-state index contributed by atoms with van der Waals surface area (Å²) in [6, 6.07) is 5.23. The zero-order valence-electron chi connectivity index (χ0n) is 15.5. The van der Waals surface area contributed by atoms with Crippen LogP contribution in [0.5, 0.6) is 0 Å². The number of aromatic amines is 1. The van der Waals surface area contributed by atoms with Crippen molar-refractivity contribution in [2.75, 3.05) is 32.7 Å². The summed E-state index contributed by atoms with van der Waals surface area (Å²) in [6.07, 6.45) is 2.11. The number of likely N-dealkylation sites (tertiary alicyclic amines) is 1. The summed E-state index contributed by atoms with van der Waals surface area (Å²) in [7, 11) is 0. The lowest BCUT2D eigenvalue weighted by Gasteiger charge is -2.19. The molecule has 0 saturated carbocycles. The highest BCUT2D eigenvalue weighted by Gasteiger charge is 2.20. The first-order valence-corrected chi connectivity index (χ1v) is 9.74. The molecule has 26 heavy (non-hydrogen) atoms.